The van der Waals surface area contributed by atoms with Crippen LogP contribution in [0.4, 0.5) is 5.69 Å². The van der Waals surface area contributed by atoms with E-state index in [0.29, 0.717) is 10.7 Å². The number of anilines is 1. The molecular weight excluding hydrogens is 510 g/mol. The second-order valence-corrected chi connectivity index (χ2v) is 11.4. The van der Waals surface area contributed by atoms with Gasteiger partial charge < -0.3 is 10.2 Å². The van der Waals surface area contributed by atoms with Crippen LogP contribution in [0.15, 0.2) is 72.8 Å². The first kappa shape index (κ1) is 28.2. The van der Waals surface area contributed by atoms with Crippen molar-refractivity contribution in [1.29, 1.82) is 0 Å². The molecule has 1 unspecified atom stereocenters. The molecule has 1 atom stereocenters. The summed E-state index contributed by atoms with van der Waals surface area (Å²) in [5.74, 6) is -0.838. The number of sulfonamides is 1. The summed E-state index contributed by atoms with van der Waals surface area (Å²) >= 11 is 6.05. The monoisotopic (exact) mass is 541 g/mol. The van der Waals surface area contributed by atoms with E-state index >= 15 is 0 Å². The van der Waals surface area contributed by atoms with Crippen molar-refractivity contribution in [3.63, 3.8) is 0 Å². The van der Waals surface area contributed by atoms with Crippen LogP contribution in [0.2, 0.25) is 5.02 Å². The topological polar surface area (TPSA) is 86.8 Å². The molecule has 0 radical (unpaired) electrons. The summed E-state index contributed by atoms with van der Waals surface area (Å²) in [7, 11) is -2.29. The van der Waals surface area contributed by atoms with Gasteiger partial charge in [-0.3, -0.25) is 13.9 Å². The number of hydrogen-bond donors (Lipinski definition) is 1. The van der Waals surface area contributed by atoms with E-state index in [-0.39, 0.29) is 18.9 Å². The SMILES string of the molecule is CNC(=O)C(Cc1ccccc1)N(Cc1ccc(Cl)cc1)C(=O)CN(c1cc(C)ccc1C)S(C)(=O)=O. The lowest BCUT2D eigenvalue weighted by Crippen LogP contribution is -2.53. The number of halogens is 1. The zero-order valence-electron chi connectivity index (χ0n) is 21.4. The third-order valence-corrected chi connectivity index (χ3v) is 7.47. The highest BCUT2D eigenvalue weighted by Gasteiger charge is 2.33. The van der Waals surface area contributed by atoms with Crippen molar-refractivity contribution in [3.05, 3.63) is 100 Å². The van der Waals surface area contributed by atoms with Crippen LogP contribution >= 0.6 is 11.6 Å². The highest BCUT2D eigenvalue weighted by molar-refractivity contribution is 7.92. The summed E-state index contributed by atoms with van der Waals surface area (Å²) in [6, 6.07) is 21.0. The fourth-order valence-electron chi connectivity index (χ4n) is 4.09. The second kappa shape index (κ2) is 12.3. The number of nitrogens with zero attached hydrogens (tertiary/aromatic N) is 2. The Hall–Kier alpha value is -3.36. The summed E-state index contributed by atoms with van der Waals surface area (Å²) in [5, 5.41) is 3.21. The molecule has 0 aliphatic rings. The predicted octanol–water partition coefficient (Wildman–Crippen LogP) is 4.11. The Bertz CT molecular complexity index is 1350. The fraction of sp³-hybridized carbons (Fsp3) is 0.286. The Morgan fingerprint density at radius 2 is 1.59 bits per heavy atom. The van der Waals surface area contributed by atoms with Gasteiger partial charge in [0, 0.05) is 25.0 Å². The molecule has 1 N–H and O–H groups in total. The normalized spacial score (nSPS) is 12.0. The molecule has 3 rings (SSSR count). The highest BCUT2D eigenvalue weighted by atomic mass is 35.5. The van der Waals surface area contributed by atoms with E-state index in [1.807, 2.05) is 49.4 Å². The average Bonchev–Trinajstić information content (AvgIpc) is 2.86. The molecule has 0 fully saturated rings. The third kappa shape index (κ3) is 7.57. The Balaban J connectivity index is 2.04. The molecule has 0 bridgehead atoms. The number of likely N-dealkylation sites (N-methyl/N-ethyl adjacent to an activating group) is 1. The number of benzene rings is 3. The van der Waals surface area contributed by atoms with Gasteiger partial charge in [-0.15, -0.1) is 0 Å². The van der Waals surface area contributed by atoms with Crippen LogP contribution in [0.25, 0.3) is 0 Å². The van der Waals surface area contributed by atoms with Crippen LogP contribution in [0.3, 0.4) is 0 Å². The quantitative estimate of drug-likeness (QED) is 0.418. The smallest absolute Gasteiger partial charge is 0.244 e. The van der Waals surface area contributed by atoms with Crippen molar-refractivity contribution < 1.29 is 18.0 Å². The van der Waals surface area contributed by atoms with Gasteiger partial charge in [0.2, 0.25) is 21.8 Å². The molecule has 9 heteroatoms. The van der Waals surface area contributed by atoms with Crippen LogP contribution < -0.4 is 9.62 Å². The minimum atomic E-state index is -3.81. The van der Waals surface area contributed by atoms with Crippen LogP contribution in [0.5, 0.6) is 0 Å². The van der Waals surface area contributed by atoms with Gasteiger partial charge in [-0.1, -0.05) is 66.2 Å². The lowest BCUT2D eigenvalue weighted by atomic mass is 10.0. The largest absolute Gasteiger partial charge is 0.357 e. The molecule has 0 aromatic heterocycles. The number of carbonyl (C=O) groups is 2. The van der Waals surface area contributed by atoms with E-state index in [1.165, 1.54) is 11.9 Å². The fourth-order valence-corrected chi connectivity index (χ4v) is 5.11. The molecule has 196 valence electrons. The Morgan fingerprint density at radius 1 is 0.946 bits per heavy atom. The summed E-state index contributed by atoms with van der Waals surface area (Å²) in [5.41, 5.74) is 3.66. The van der Waals surface area contributed by atoms with Crippen molar-refractivity contribution in [1.82, 2.24) is 10.2 Å². The molecule has 3 aromatic carbocycles. The average molecular weight is 542 g/mol. The van der Waals surface area contributed by atoms with E-state index in [9.17, 15) is 18.0 Å². The molecule has 7 nitrogen and oxygen atoms in total. The van der Waals surface area contributed by atoms with Gasteiger partial charge in [0.1, 0.15) is 12.6 Å². The molecule has 0 aliphatic carbocycles. The number of hydrogen-bond acceptors (Lipinski definition) is 4. The van der Waals surface area contributed by atoms with Gasteiger partial charge in [0.05, 0.1) is 11.9 Å². The van der Waals surface area contributed by atoms with Crippen molar-refractivity contribution in [2.75, 3.05) is 24.2 Å². The van der Waals surface area contributed by atoms with Gasteiger partial charge in [-0.2, -0.15) is 0 Å². The van der Waals surface area contributed by atoms with Gasteiger partial charge in [0.15, 0.2) is 0 Å². The predicted molar refractivity (Wildman–Crippen MR) is 148 cm³/mol. The summed E-state index contributed by atoms with van der Waals surface area (Å²) in [4.78, 5) is 28.4. The first-order valence-electron chi connectivity index (χ1n) is 11.8. The number of nitrogens with one attached hydrogen (secondary N) is 1. The maximum absolute atomic E-state index is 13.9. The highest BCUT2D eigenvalue weighted by Crippen LogP contribution is 2.25. The van der Waals surface area contributed by atoms with Crippen molar-refractivity contribution in [3.8, 4) is 0 Å². The first-order valence-corrected chi connectivity index (χ1v) is 14.1. The molecule has 2 amide bonds. The van der Waals surface area contributed by atoms with Crippen LogP contribution in [0, 0.1) is 13.8 Å². The zero-order valence-corrected chi connectivity index (χ0v) is 23.0. The summed E-state index contributed by atoms with van der Waals surface area (Å²) < 4.78 is 26.8. The molecule has 0 saturated heterocycles. The summed E-state index contributed by atoms with van der Waals surface area (Å²) in [6.07, 6.45) is 1.34. The number of amides is 2. The minimum absolute atomic E-state index is 0.103. The maximum Gasteiger partial charge on any atom is 0.244 e. The van der Waals surface area contributed by atoms with Crippen LogP contribution in [-0.2, 0) is 32.6 Å². The molecule has 3 aromatic rings. The van der Waals surface area contributed by atoms with Crippen molar-refractivity contribution in [2.45, 2.75) is 32.9 Å². The lowest BCUT2D eigenvalue weighted by Gasteiger charge is -2.33. The molecule has 0 heterocycles. The molecule has 0 aliphatic heterocycles. The zero-order chi connectivity index (χ0) is 27.2. The van der Waals surface area contributed by atoms with Gasteiger partial charge in [-0.05, 0) is 54.3 Å². The second-order valence-electron chi connectivity index (χ2n) is 9.03. The molecule has 0 saturated carbocycles. The van der Waals surface area contributed by atoms with E-state index in [4.69, 9.17) is 11.6 Å². The molecule has 0 spiro atoms. The Kier molecular flexibility index (Phi) is 9.34. The Morgan fingerprint density at radius 3 is 2.19 bits per heavy atom. The maximum atomic E-state index is 13.9. The minimum Gasteiger partial charge on any atom is -0.357 e. The number of rotatable bonds is 10. The van der Waals surface area contributed by atoms with E-state index in [0.717, 1.165) is 32.8 Å². The van der Waals surface area contributed by atoms with Crippen molar-refractivity contribution >= 4 is 39.1 Å². The first-order chi connectivity index (χ1) is 17.5. The van der Waals surface area contributed by atoms with Crippen molar-refractivity contribution in [2.24, 2.45) is 0 Å². The van der Waals surface area contributed by atoms with E-state index in [1.54, 1.807) is 37.3 Å². The van der Waals surface area contributed by atoms with Gasteiger partial charge in [0.25, 0.3) is 0 Å². The number of carbonyl (C=O) groups excluding carboxylic acids is 2. The Labute approximate surface area is 224 Å². The van der Waals surface area contributed by atoms with E-state index < -0.39 is 28.5 Å². The summed E-state index contributed by atoms with van der Waals surface area (Å²) in [6.45, 7) is 3.31. The van der Waals surface area contributed by atoms with Crippen LogP contribution in [0.1, 0.15) is 22.3 Å². The van der Waals surface area contributed by atoms with Crippen LogP contribution in [-0.4, -0.2) is 51.0 Å². The standard InChI is InChI=1S/C28H32ClN3O4S/c1-20-10-11-21(2)25(16-20)32(37(4,35)36)19-27(33)31(18-23-12-14-24(29)15-13-23)26(28(34)30-3)17-22-8-6-5-7-9-22/h5-16,26H,17-19H2,1-4H3,(H,30,34). The third-order valence-electron chi connectivity index (χ3n) is 6.10. The van der Waals surface area contributed by atoms with E-state index in [2.05, 4.69) is 5.32 Å². The van der Waals surface area contributed by atoms with Gasteiger partial charge in [-0.25, -0.2) is 8.42 Å². The lowest BCUT2D eigenvalue weighted by molar-refractivity contribution is -0.139. The molecular formula is C28H32ClN3O4S. The van der Waals surface area contributed by atoms with Gasteiger partial charge >= 0.3 is 0 Å². The number of aryl methyl sites for hydroxylation is 2. The molecule has 37 heavy (non-hydrogen) atoms.